The molecule has 0 aliphatic heterocycles. The number of pyridine rings is 1. The van der Waals surface area contributed by atoms with Crippen molar-refractivity contribution in [3.05, 3.63) is 101 Å². The third kappa shape index (κ3) is 4.05. The maximum Gasteiger partial charge on any atom is 0.266 e. The van der Waals surface area contributed by atoms with E-state index in [0.717, 1.165) is 33.2 Å². The van der Waals surface area contributed by atoms with Crippen LogP contribution in [0.4, 0.5) is 4.39 Å². The van der Waals surface area contributed by atoms with Crippen molar-refractivity contribution in [3.8, 4) is 22.4 Å². The quantitative estimate of drug-likeness (QED) is 0.422. The van der Waals surface area contributed by atoms with Crippen LogP contribution in [0, 0.1) is 5.82 Å². The van der Waals surface area contributed by atoms with Crippen LogP contribution in [0.1, 0.15) is 5.56 Å². The van der Waals surface area contributed by atoms with Gasteiger partial charge in [-0.05, 0) is 60.5 Å². The Morgan fingerprint density at radius 1 is 0.906 bits per heavy atom. The Balaban J connectivity index is 1.39. The van der Waals surface area contributed by atoms with Gasteiger partial charge in [-0.25, -0.2) is 9.07 Å². The van der Waals surface area contributed by atoms with E-state index in [2.05, 4.69) is 27.3 Å². The molecule has 0 radical (unpaired) electrons. The molecule has 7 heteroatoms. The van der Waals surface area contributed by atoms with Gasteiger partial charge in [0.2, 0.25) is 0 Å². The second kappa shape index (κ2) is 8.19. The molecule has 0 spiro atoms. The number of aromatic nitrogens is 5. The predicted molar refractivity (Wildman–Crippen MR) is 122 cm³/mol. The summed E-state index contributed by atoms with van der Waals surface area (Å²) < 4.78 is 16.4. The van der Waals surface area contributed by atoms with Gasteiger partial charge in [0.1, 0.15) is 5.82 Å². The first-order chi connectivity index (χ1) is 15.5. The van der Waals surface area contributed by atoms with E-state index in [0.29, 0.717) is 18.7 Å². The Morgan fingerprint density at radius 2 is 1.75 bits per heavy atom. The molecule has 0 N–H and O–H groups in total. The van der Waals surface area contributed by atoms with Crippen LogP contribution in [-0.4, -0.2) is 24.5 Å². The molecule has 0 unspecified atom stereocenters. The van der Waals surface area contributed by atoms with E-state index in [9.17, 15) is 9.18 Å². The van der Waals surface area contributed by atoms with Crippen LogP contribution in [-0.2, 0) is 20.0 Å². The van der Waals surface area contributed by atoms with Crippen molar-refractivity contribution < 1.29 is 4.39 Å². The molecule has 0 atom stereocenters. The van der Waals surface area contributed by atoms with Gasteiger partial charge < -0.3 is 0 Å². The van der Waals surface area contributed by atoms with Crippen molar-refractivity contribution >= 4 is 10.9 Å². The average molecular weight is 425 g/mol. The van der Waals surface area contributed by atoms with Crippen molar-refractivity contribution in [2.75, 3.05) is 0 Å². The van der Waals surface area contributed by atoms with E-state index in [-0.39, 0.29) is 11.4 Å². The van der Waals surface area contributed by atoms with Crippen LogP contribution in [0.5, 0.6) is 0 Å². The molecule has 5 rings (SSSR count). The second-order valence-corrected chi connectivity index (χ2v) is 7.69. The largest absolute Gasteiger partial charge is 0.275 e. The normalized spacial score (nSPS) is 11.2. The van der Waals surface area contributed by atoms with Crippen molar-refractivity contribution in [2.45, 2.75) is 13.0 Å². The molecule has 0 aliphatic carbocycles. The molecule has 0 amide bonds. The van der Waals surface area contributed by atoms with Crippen molar-refractivity contribution in [2.24, 2.45) is 7.05 Å². The summed E-state index contributed by atoms with van der Waals surface area (Å²) in [7, 11) is 1.89. The molecule has 0 saturated heterocycles. The van der Waals surface area contributed by atoms with Crippen molar-refractivity contribution in [3.63, 3.8) is 0 Å². The van der Waals surface area contributed by atoms with Gasteiger partial charge in [-0.15, -0.1) is 0 Å². The van der Waals surface area contributed by atoms with Gasteiger partial charge in [0, 0.05) is 54.1 Å². The van der Waals surface area contributed by atoms with Crippen LogP contribution in [0.25, 0.3) is 33.3 Å². The number of benzene rings is 2. The lowest BCUT2D eigenvalue weighted by Gasteiger charge is -2.08. The fourth-order valence-corrected chi connectivity index (χ4v) is 3.68. The number of hydrogen-bond acceptors (Lipinski definition) is 4. The summed E-state index contributed by atoms with van der Waals surface area (Å²) in [6.45, 7) is 0.440. The van der Waals surface area contributed by atoms with E-state index >= 15 is 0 Å². The molecular formula is C25H20FN5O. The highest BCUT2D eigenvalue weighted by Crippen LogP contribution is 2.23. The average Bonchev–Trinajstić information content (AvgIpc) is 3.25. The molecule has 158 valence electrons. The monoisotopic (exact) mass is 425 g/mol. The van der Waals surface area contributed by atoms with E-state index in [4.69, 9.17) is 0 Å². The maximum atomic E-state index is 13.2. The van der Waals surface area contributed by atoms with Gasteiger partial charge in [-0.2, -0.15) is 10.2 Å². The van der Waals surface area contributed by atoms with E-state index in [1.54, 1.807) is 22.9 Å². The van der Waals surface area contributed by atoms with Crippen LogP contribution >= 0.6 is 0 Å². The zero-order valence-corrected chi connectivity index (χ0v) is 17.4. The van der Waals surface area contributed by atoms with E-state index < -0.39 is 0 Å². The predicted octanol–water partition coefficient (Wildman–Crippen LogP) is 4.24. The highest BCUT2D eigenvalue weighted by atomic mass is 19.1. The summed E-state index contributed by atoms with van der Waals surface area (Å²) in [5, 5.41) is 9.72. The third-order valence-corrected chi connectivity index (χ3v) is 5.40. The Hall–Kier alpha value is -4.13. The van der Waals surface area contributed by atoms with Gasteiger partial charge in [-0.3, -0.25) is 14.5 Å². The second-order valence-electron chi connectivity index (χ2n) is 7.69. The number of aryl methyl sites for hydroxylation is 3. The number of fused-ring (bicyclic) bond motifs is 1. The first-order valence-electron chi connectivity index (χ1n) is 10.3. The minimum absolute atomic E-state index is 0.169. The lowest BCUT2D eigenvalue weighted by atomic mass is 10.1. The lowest BCUT2D eigenvalue weighted by molar-refractivity contribution is 0.581. The smallest absolute Gasteiger partial charge is 0.266 e. The first kappa shape index (κ1) is 19.8. The summed E-state index contributed by atoms with van der Waals surface area (Å²) >= 11 is 0. The van der Waals surface area contributed by atoms with E-state index in [1.165, 1.54) is 22.9 Å². The topological polar surface area (TPSA) is 65.6 Å². The summed E-state index contributed by atoms with van der Waals surface area (Å²) in [5.74, 6) is -0.306. The molecule has 0 aliphatic rings. The van der Waals surface area contributed by atoms with Crippen molar-refractivity contribution in [1.29, 1.82) is 0 Å². The minimum atomic E-state index is -0.306. The maximum absolute atomic E-state index is 13.2. The minimum Gasteiger partial charge on any atom is -0.275 e. The summed E-state index contributed by atoms with van der Waals surface area (Å²) in [5.41, 5.74) is 5.25. The lowest BCUT2D eigenvalue weighted by Crippen LogP contribution is -2.23. The van der Waals surface area contributed by atoms with Crippen LogP contribution in [0.15, 0.2) is 84.0 Å². The van der Waals surface area contributed by atoms with Gasteiger partial charge in [-0.1, -0.05) is 6.07 Å². The molecule has 0 bridgehead atoms. The number of nitrogens with zero attached hydrogens (tertiary/aromatic N) is 5. The molecule has 0 saturated carbocycles. The zero-order valence-electron chi connectivity index (χ0n) is 17.4. The Bertz CT molecular complexity index is 1470. The highest BCUT2D eigenvalue weighted by molar-refractivity contribution is 5.83. The fraction of sp³-hybridized carbons (Fsp3) is 0.120. The highest BCUT2D eigenvalue weighted by Gasteiger charge is 2.07. The van der Waals surface area contributed by atoms with Crippen LogP contribution in [0.3, 0.4) is 0 Å². The number of halogens is 1. The van der Waals surface area contributed by atoms with Crippen LogP contribution in [0.2, 0.25) is 0 Å². The van der Waals surface area contributed by atoms with Gasteiger partial charge in [0.15, 0.2) is 0 Å². The molecule has 0 fully saturated rings. The van der Waals surface area contributed by atoms with Crippen molar-refractivity contribution in [1.82, 2.24) is 24.5 Å². The number of rotatable bonds is 5. The SMILES string of the molecule is Cn1cc(-c2cnc3ccc(CCn4nc(-c5ccc(F)cc5)ccc4=O)cc3c2)cn1. The van der Waals surface area contributed by atoms with Crippen LogP contribution < -0.4 is 5.56 Å². The molecule has 3 aromatic heterocycles. The molecule has 3 heterocycles. The molecule has 6 nitrogen and oxygen atoms in total. The Labute approximate surface area is 183 Å². The molecule has 2 aromatic carbocycles. The summed E-state index contributed by atoms with van der Waals surface area (Å²) in [6, 6.07) is 17.4. The number of hydrogen-bond donors (Lipinski definition) is 0. The summed E-state index contributed by atoms with van der Waals surface area (Å²) in [6.07, 6.45) is 6.27. The zero-order chi connectivity index (χ0) is 22.1. The van der Waals surface area contributed by atoms with Gasteiger partial charge >= 0.3 is 0 Å². The fourth-order valence-electron chi connectivity index (χ4n) is 3.68. The molecule has 5 aromatic rings. The van der Waals surface area contributed by atoms with Gasteiger partial charge in [0.05, 0.1) is 17.4 Å². The van der Waals surface area contributed by atoms with E-state index in [1.807, 2.05) is 37.8 Å². The molecular weight excluding hydrogens is 405 g/mol. The Kier molecular flexibility index (Phi) is 5.07. The molecule has 32 heavy (non-hydrogen) atoms. The first-order valence-corrected chi connectivity index (χ1v) is 10.3. The Morgan fingerprint density at radius 3 is 2.53 bits per heavy atom. The van der Waals surface area contributed by atoms with Gasteiger partial charge in [0.25, 0.3) is 5.56 Å². The third-order valence-electron chi connectivity index (χ3n) is 5.40. The standard InChI is InChI=1S/C25H20FN5O/c1-30-16-21(15-28-30)20-13-19-12-17(2-7-23(19)27-14-20)10-11-31-25(32)9-8-24(29-31)18-3-5-22(26)6-4-18/h2-9,12-16H,10-11H2,1H3. The summed E-state index contributed by atoms with van der Waals surface area (Å²) in [4.78, 5) is 16.9.